The van der Waals surface area contributed by atoms with Gasteiger partial charge in [0.2, 0.25) is 5.91 Å². The lowest BCUT2D eigenvalue weighted by atomic mass is 9.78. The van der Waals surface area contributed by atoms with Gasteiger partial charge in [0.1, 0.15) is 0 Å². The van der Waals surface area contributed by atoms with E-state index in [1.165, 1.54) is 12.0 Å². The van der Waals surface area contributed by atoms with Gasteiger partial charge in [0.15, 0.2) is 0 Å². The summed E-state index contributed by atoms with van der Waals surface area (Å²) in [7, 11) is 1.47. The molecule has 1 N–H and O–H groups in total. The van der Waals surface area contributed by atoms with E-state index in [2.05, 4.69) is 5.32 Å². The molecule has 2 saturated heterocycles. The van der Waals surface area contributed by atoms with Gasteiger partial charge in [-0.1, -0.05) is 0 Å². The second kappa shape index (κ2) is 10.8. The lowest BCUT2D eigenvalue weighted by Gasteiger charge is -2.41. The summed E-state index contributed by atoms with van der Waals surface area (Å²) < 4.78 is 90.9. The minimum absolute atomic E-state index is 0.0481. The van der Waals surface area contributed by atoms with Crippen molar-refractivity contribution < 1.29 is 40.6 Å². The van der Waals surface area contributed by atoms with Crippen LogP contribution in [0.2, 0.25) is 0 Å². The molecule has 192 valence electrons. The van der Waals surface area contributed by atoms with E-state index >= 15 is 0 Å². The first-order valence-corrected chi connectivity index (χ1v) is 11.3. The lowest BCUT2D eigenvalue weighted by molar-refractivity contribution is -0.149. The molecule has 34 heavy (non-hydrogen) atoms. The van der Waals surface area contributed by atoms with Crippen molar-refractivity contribution in [1.82, 2.24) is 10.2 Å². The lowest BCUT2D eigenvalue weighted by Crippen LogP contribution is -2.52. The smallest absolute Gasteiger partial charge is 0.384 e. The number of nitrogens with zero attached hydrogens (tertiary/aromatic N) is 1. The Morgan fingerprint density at radius 2 is 1.62 bits per heavy atom. The fraction of sp³-hybridized carbons (Fsp3) is 0.696. The van der Waals surface area contributed by atoms with E-state index in [1.807, 2.05) is 0 Å². The maximum absolute atomic E-state index is 13.8. The van der Waals surface area contributed by atoms with Gasteiger partial charge in [0.05, 0.1) is 23.1 Å². The van der Waals surface area contributed by atoms with Crippen molar-refractivity contribution in [3.05, 3.63) is 34.9 Å². The Morgan fingerprint density at radius 3 is 2.12 bits per heavy atom. The Balaban J connectivity index is 1.97. The molecule has 2 heterocycles. The van der Waals surface area contributed by atoms with Crippen molar-refractivity contribution in [2.24, 2.45) is 11.3 Å². The highest BCUT2D eigenvalue weighted by Gasteiger charge is 2.43. The molecular formula is C23H30F6N2O3. The molecule has 0 saturated carbocycles. The van der Waals surface area contributed by atoms with Gasteiger partial charge in [-0.05, 0) is 68.5 Å². The third-order valence-electron chi connectivity index (χ3n) is 6.56. The molecule has 2 aliphatic heterocycles. The van der Waals surface area contributed by atoms with Crippen LogP contribution in [0.5, 0.6) is 0 Å². The zero-order valence-corrected chi connectivity index (χ0v) is 19.0. The average molecular weight is 496 g/mol. The fourth-order valence-electron chi connectivity index (χ4n) is 4.73. The number of methoxy groups -OCH3 is 1. The third kappa shape index (κ3) is 6.63. The molecule has 11 heteroatoms. The maximum Gasteiger partial charge on any atom is 0.416 e. The number of carbonyl (C=O) groups is 1. The predicted molar refractivity (Wildman–Crippen MR) is 112 cm³/mol. The Kier molecular flexibility index (Phi) is 8.51. The summed E-state index contributed by atoms with van der Waals surface area (Å²) in [6.45, 7) is 2.17. The van der Waals surface area contributed by atoms with E-state index < -0.39 is 28.9 Å². The zero-order chi connectivity index (χ0) is 25.0. The van der Waals surface area contributed by atoms with Crippen LogP contribution in [0.25, 0.3) is 0 Å². The number of halogens is 6. The topological polar surface area (TPSA) is 50.8 Å². The van der Waals surface area contributed by atoms with Gasteiger partial charge < -0.3 is 19.7 Å². The number of hydrogen-bond donors (Lipinski definition) is 1. The highest BCUT2D eigenvalue weighted by Crippen LogP contribution is 2.38. The molecule has 2 fully saturated rings. The molecule has 0 unspecified atom stereocenters. The number of rotatable bonds is 7. The quantitative estimate of drug-likeness (QED) is 0.565. The Hall–Kier alpha value is -1.85. The van der Waals surface area contributed by atoms with Crippen LogP contribution in [0.3, 0.4) is 0 Å². The number of ether oxygens (including phenoxy) is 2. The van der Waals surface area contributed by atoms with Crippen molar-refractivity contribution >= 4 is 5.91 Å². The molecule has 1 amide bonds. The molecule has 2 aliphatic rings. The van der Waals surface area contributed by atoms with Gasteiger partial charge in [-0.2, -0.15) is 26.3 Å². The van der Waals surface area contributed by atoms with Crippen LogP contribution in [0.4, 0.5) is 26.3 Å². The SMILES string of the molecule is COCC1(C(=O)N(Cc2cc(C(F)(F)F)cc(C(F)(F)F)c2)CC2CCOCC2)CCNCC1. The van der Waals surface area contributed by atoms with Gasteiger partial charge in [-0.3, -0.25) is 4.79 Å². The molecular weight excluding hydrogens is 466 g/mol. The number of nitrogens with one attached hydrogen (secondary N) is 1. The Bertz CT molecular complexity index is 793. The first-order valence-electron chi connectivity index (χ1n) is 11.3. The minimum atomic E-state index is -4.95. The molecule has 5 nitrogen and oxygen atoms in total. The van der Waals surface area contributed by atoms with Gasteiger partial charge in [-0.15, -0.1) is 0 Å². The van der Waals surface area contributed by atoms with Gasteiger partial charge >= 0.3 is 12.4 Å². The summed E-state index contributed by atoms with van der Waals surface area (Å²) in [4.78, 5) is 15.2. The second-order valence-electron chi connectivity index (χ2n) is 9.12. The van der Waals surface area contributed by atoms with Crippen molar-refractivity contribution in [2.75, 3.05) is 46.6 Å². The maximum atomic E-state index is 13.8. The number of piperidine rings is 1. The highest BCUT2D eigenvalue weighted by molar-refractivity contribution is 5.83. The predicted octanol–water partition coefficient (Wildman–Crippen LogP) is 4.50. The van der Waals surface area contributed by atoms with Crippen molar-refractivity contribution in [3.8, 4) is 0 Å². The van der Waals surface area contributed by atoms with Crippen LogP contribution in [-0.2, 0) is 33.2 Å². The van der Waals surface area contributed by atoms with E-state index in [9.17, 15) is 31.1 Å². The van der Waals surface area contributed by atoms with Crippen LogP contribution < -0.4 is 5.32 Å². The number of carbonyl (C=O) groups excluding carboxylic acids is 1. The Labute approximate surface area is 194 Å². The molecule has 3 rings (SSSR count). The van der Waals surface area contributed by atoms with E-state index in [0.717, 1.165) is 0 Å². The van der Waals surface area contributed by atoms with Crippen LogP contribution in [0.1, 0.15) is 42.4 Å². The first-order chi connectivity index (χ1) is 15.9. The van der Waals surface area contributed by atoms with Crippen LogP contribution in [-0.4, -0.2) is 57.4 Å². The fourth-order valence-corrected chi connectivity index (χ4v) is 4.73. The monoisotopic (exact) mass is 496 g/mol. The molecule has 0 radical (unpaired) electrons. The van der Waals surface area contributed by atoms with Gasteiger partial charge in [0.25, 0.3) is 0 Å². The molecule has 0 spiro atoms. The summed E-state index contributed by atoms with van der Waals surface area (Å²) in [6, 6.07) is 1.50. The molecule has 1 aromatic rings. The number of amides is 1. The standard InChI is InChI=1S/C23H30F6N2O3/c1-33-15-21(4-6-30-7-5-21)20(32)31(13-16-2-8-34-9-3-16)14-17-10-18(22(24,25)26)12-19(11-17)23(27,28)29/h10-12,16,30H,2-9,13-15H2,1H3. The third-order valence-corrected chi connectivity index (χ3v) is 6.56. The summed E-state index contributed by atoms with van der Waals surface area (Å²) >= 11 is 0. The van der Waals surface area contributed by atoms with Crippen LogP contribution >= 0.6 is 0 Å². The van der Waals surface area contributed by atoms with E-state index in [1.54, 1.807) is 0 Å². The van der Waals surface area contributed by atoms with Crippen molar-refractivity contribution in [2.45, 2.75) is 44.6 Å². The summed E-state index contributed by atoms with van der Waals surface area (Å²) in [5, 5.41) is 3.18. The summed E-state index contributed by atoms with van der Waals surface area (Å²) in [5.41, 5.74) is -3.85. The van der Waals surface area contributed by atoms with E-state index in [-0.39, 0.29) is 43.2 Å². The number of benzene rings is 1. The molecule has 0 aromatic heterocycles. The number of hydrogen-bond acceptors (Lipinski definition) is 4. The summed E-state index contributed by atoms with van der Waals surface area (Å²) in [6.07, 6.45) is -7.62. The van der Waals surface area contributed by atoms with Crippen LogP contribution in [0.15, 0.2) is 18.2 Å². The highest BCUT2D eigenvalue weighted by atomic mass is 19.4. The largest absolute Gasteiger partial charge is 0.416 e. The normalized spacial score (nSPS) is 19.7. The van der Waals surface area contributed by atoms with Gasteiger partial charge in [0, 0.05) is 33.4 Å². The zero-order valence-electron chi connectivity index (χ0n) is 19.0. The summed E-state index contributed by atoms with van der Waals surface area (Å²) in [5.74, 6) is -0.250. The molecule has 0 atom stereocenters. The van der Waals surface area contributed by atoms with E-state index in [0.29, 0.717) is 64.1 Å². The minimum Gasteiger partial charge on any atom is -0.384 e. The second-order valence-corrected chi connectivity index (χ2v) is 9.12. The van der Waals surface area contributed by atoms with Crippen molar-refractivity contribution in [1.29, 1.82) is 0 Å². The molecule has 0 aliphatic carbocycles. The van der Waals surface area contributed by atoms with E-state index in [4.69, 9.17) is 9.47 Å². The van der Waals surface area contributed by atoms with Crippen molar-refractivity contribution in [3.63, 3.8) is 0 Å². The first kappa shape index (κ1) is 26.7. The van der Waals surface area contributed by atoms with Gasteiger partial charge in [-0.25, -0.2) is 0 Å². The van der Waals surface area contributed by atoms with Crippen LogP contribution in [0, 0.1) is 11.3 Å². The molecule has 0 bridgehead atoms. The number of alkyl halides is 6. The Morgan fingerprint density at radius 1 is 1.06 bits per heavy atom. The average Bonchev–Trinajstić information content (AvgIpc) is 2.78. The molecule has 1 aromatic carbocycles.